The van der Waals surface area contributed by atoms with Crippen LogP contribution in [0.25, 0.3) is 0 Å². The van der Waals surface area contributed by atoms with Gasteiger partial charge in [0.15, 0.2) is 0 Å². The van der Waals surface area contributed by atoms with Crippen molar-refractivity contribution in [1.29, 1.82) is 5.26 Å². The summed E-state index contributed by atoms with van der Waals surface area (Å²) in [6, 6.07) is 24.5. The molecule has 4 nitrogen and oxygen atoms in total. The second-order valence-electron chi connectivity index (χ2n) is 6.01. The molecule has 0 aromatic heterocycles. The Balaban J connectivity index is 1.68. The van der Waals surface area contributed by atoms with Gasteiger partial charge in [0.25, 0.3) is 5.91 Å². The predicted molar refractivity (Wildman–Crippen MR) is 113 cm³/mol. The van der Waals surface area contributed by atoms with Crippen molar-refractivity contribution < 1.29 is 9.53 Å². The monoisotopic (exact) mass is 388 g/mol. The summed E-state index contributed by atoms with van der Waals surface area (Å²) >= 11 is 1.60. The van der Waals surface area contributed by atoms with Gasteiger partial charge < -0.3 is 10.1 Å². The van der Waals surface area contributed by atoms with Crippen LogP contribution in [-0.2, 0) is 5.75 Å². The molecule has 0 aliphatic rings. The van der Waals surface area contributed by atoms with Crippen LogP contribution in [0.15, 0.2) is 77.7 Å². The zero-order chi connectivity index (χ0) is 19.8. The van der Waals surface area contributed by atoms with Gasteiger partial charge in [0, 0.05) is 16.3 Å². The second kappa shape index (κ2) is 9.63. The third kappa shape index (κ3) is 5.15. The smallest absolute Gasteiger partial charge is 0.256 e. The van der Waals surface area contributed by atoms with E-state index >= 15 is 0 Å². The van der Waals surface area contributed by atoms with Crippen molar-refractivity contribution in [3.63, 3.8) is 0 Å². The molecule has 5 heteroatoms. The first kappa shape index (κ1) is 19.5. The quantitative estimate of drug-likeness (QED) is 0.543. The minimum Gasteiger partial charge on any atom is -0.494 e. The Bertz CT molecular complexity index is 977. The molecule has 140 valence electrons. The van der Waals surface area contributed by atoms with Gasteiger partial charge in [0.1, 0.15) is 5.75 Å². The predicted octanol–water partition coefficient (Wildman–Crippen LogP) is 5.50. The second-order valence-corrected chi connectivity index (χ2v) is 7.02. The SMILES string of the molecule is CCOc1ccc(NC(=O)c2ccccc2SCc2ccc(C#N)cc2)cc1. The molecule has 3 aromatic carbocycles. The van der Waals surface area contributed by atoms with E-state index in [1.54, 1.807) is 23.9 Å². The Morgan fingerprint density at radius 2 is 1.75 bits per heavy atom. The fraction of sp³-hybridized carbons (Fsp3) is 0.130. The maximum absolute atomic E-state index is 12.7. The number of nitrogens with zero attached hydrogens (tertiary/aromatic N) is 1. The Hall–Kier alpha value is -3.23. The summed E-state index contributed by atoms with van der Waals surface area (Å²) in [7, 11) is 0. The summed E-state index contributed by atoms with van der Waals surface area (Å²) in [5.74, 6) is 1.35. The molecule has 0 aliphatic heterocycles. The Kier molecular flexibility index (Phi) is 6.72. The van der Waals surface area contributed by atoms with E-state index in [1.807, 2.05) is 67.6 Å². The molecule has 3 rings (SSSR count). The fourth-order valence-electron chi connectivity index (χ4n) is 2.62. The molecule has 28 heavy (non-hydrogen) atoms. The molecule has 0 atom stereocenters. The first-order valence-electron chi connectivity index (χ1n) is 8.94. The van der Waals surface area contributed by atoms with E-state index in [4.69, 9.17) is 10.00 Å². The first-order valence-corrected chi connectivity index (χ1v) is 9.93. The van der Waals surface area contributed by atoms with Crippen molar-refractivity contribution in [2.75, 3.05) is 11.9 Å². The lowest BCUT2D eigenvalue weighted by atomic mass is 10.2. The van der Waals surface area contributed by atoms with Crippen LogP contribution in [0.3, 0.4) is 0 Å². The zero-order valence-electron chi connectivity index (χ0n) is 15.5. The molecule has 0 unspecified atom stereocenters. The number of anilines is 1. The Labute approximate surface area is 169 Å². The molecule has 0 fully saturated rings. The highest BCUT2D eigenvalue weighted by Crippen LogP contribution is 2.27. The molecule has 0 bridgehead atoms. The fourth-order valence-corrected chi connectivity index (χ4v) is 3.62. The molecule has 0 saturated heterocycles. The number of hydrogen-bond donors (Lipinski definition) is 1. The molecule has 1 N–H and O–H groups in total. The highest BCUT2D eigenvalue weighted by Gasteiger charge is 2.12. The van der Waals surface area contributed by atoms with Gasteiger partial charge in [-0.1, -0.05) is 24.3 Å². The summed E-state index contributed by atoms with van der Waals surface area (Å²) in [6.07, 6.45) is 0. The zero-order valence-corrected chi connectivity index (χ0v) is 16.3. The molecule has 0 heterocycles. The largest absolute Gasteiger partial charge is 0.494 e. The third-order valence-electron chi connectivity index (χ3n) is 4.03. The molecule has 3 aromatic rings. The lowest BCUT2D eigenvalue weighted by Gasteiger charge is -2.11. The summed E-state index contributed by atoms with van der Waals surface area (Å²) in [4.78, 5) is 13.7. The van der Waals surface area contributed by atoms with Gasteiger partial charge in [-0.05, 0) is 61.0 Å². The van der Waals surface area contributed by atoms with Crippen molar-refractivity contribution in [2.24, 2.45) is 0 Å². The van der Waals surface area contributed by atoms with E-state index in [0.29, 0.717) is 17.7 Å². The van der Waals surface area contributed by atoms with E-state index in [2.05, 4.69) is 11.4 Å². The van der Waals surface area contributed by atoms with Crippen LogP contribution in [0, 0.1) is 11.3 Å². The summed E-state index contributed by atoms with van der Waals surface area (Å²) < 4.78 is 5.42. The van der Waals surface area contributed by atoms with Crippen LogP contribution in [0.2, 0.25) is 0 Å². The molecular weight excluding hydrogens is 368 g/mol. The number of nitrogens with one attached hydrogen (secondary N) is 1. The topological polar surface area (TPSA) is 62.1 Å². The van der Waals surface area contributed by atoms with E-state index in [-0.39, 0.29) is 5.91 Å². The van der Waals surface area contributed by atoms with Gasteiger partial charge in [-0.25, -0.2) is 0 Å². The van der Waals surface area contributed by atoms with Gasteiger partial charge in [0.05, 0.1) is 23.8 Å². The van der Waals surface area contributed by atoms with Gasteiger partial charge >= 0.3 is 0 Å². The Morgan fingerprint density at radius 1 is 1.04 bits per heavy atom. The van der Waals surface area contributed by atoms with Crippen LogP contribution in [-0.4, -0.2) is 12.5 Å². The number of ether oxygens (including phenoxy) is 1. The van der Waals surface area contributed by atoms with Gasteiger partial charge in [-0.3, -0.25) is 4.79 Å². The number of carbonyl (C=O) groups excluding carboxylic acids is 1. The molecule has 0 radical (unpaired) electrons. The first-order chi connectivity index (χ1) is 13.7. The van der Waals surface area contributed by atoms with Crippen LogP contribution in [0.5, 0.6) is 5.75 Å². The van der Waals surface area contributed by atoms with E-state index < -0.39 is 0 Å². The number of thioether (sulfide) groups is 1. The van der Waals surface area contributed by atoms with Crippen LogP contribution >= 0.6 is 11.8 Å². The van der Waals surface area contributed by atoms with E-state index in [9.17, 15) is 4.79 Å². The molecule has 0 spiro atoms. The van der Waals surface area contributed by atoms with Crippen molar-refractivity contribution in [3.05, 3.63) is 89.5 Å². The molecule has 0 saturated carbocycles. The molecule has 1 amide bonds. The Morgan fingerprint density at radius 3 is 2.43 bits per heavy atom. The van der Waals surface area contributed by atoms with Crippen LogP contribution < -0.4 is 10.1 Å². The van der Waals surface area contributed by atoms with Crippen molar-refractivity contribution >= 4 is 23.4 Å². The lowest BCUT2D eigenvalue weighted by molar-refractivity contribution is 0.102. The number of nitriles is 1. The maximum Gasteiger partial charge on any atom is 0.256 e. The van der Waals surface area contributed by atoms with Gasteiger partial charge in [0.2, 0.25) is 0 Å². The van der Waals surface area contributed by atoms with E-state index in [0.717, 1.165) is 27.6 Å². The van der Waals surface area contributed by atoms with Gasteiger partial charge in [-0.15, -0.1) is 11.8 Å². The number of rotatable bonds is 7. The molecular formula is C23H20N2O2S. The van der Waals surface area contributed by atoms with Crippen molar-refractivity contribution in [1.82, 2.24) is 0 Å². The number of amides is 1. The number of carbonyl (C=O) groups is 1. The normalized spacial score (nSPS) is 10.1. The lowest BCUT2D eigenvalue weighted by Crippen LogP contribution is -2.12. The van der Waals surface area contributed by atoms with Crippen molar-refractivity contribution in [3.8, 4) is 11.8 Å². The molecule has 0 aliphatic carbocycles. The average Bonchev–Trinajstić information content (AvgIpc) is 2.74. The summed E-state index contributed by atoms with van der Waals surface area (Å²) in [5.41, 5.74) is 3.10. The highest BCUT2D eigenvalue weighted by atomic mass is 32.2. The minimum absolute atomic E-state index is 0.146. The standard InChI is InChI=1S/C23H20N2O2S/c1-2-27-20-13-11-19(12-14-20)25-23(26)21-5-3-4-6-22(21)28-16-18-9-7-17(15-24)8-10-18/h3-14H,2,16H2,1H3,(H,25,26). The van der Waals surface area contributed by atoms with E-state index in [1.165, 1.54) is 0 Å². The summed E-state index contributed by atoms with van der Waals surface area (Å²) in [5, 5.41) is 11.8. The van der Waals surface area contributed by atoms with Crippen LogP contribution in [0.1, 0.15) is 28.4 Å². The van der Waals surface area contributed by atoms with Crippen molar-refractivity contribution in [2.45, 2.75) is 17.6 Å². The minimum atomic E-state index is -0.146. The summed E-state index contributed by atoms with van der Waals surface area (Å²) in [6.45, 7) is 2.54. The highest BCUT2D eigenvalue weighted by molar-refractivity contribution is 7.98. The van der Waals surface area contributed by atoms with Gasteiger partial charge in [-0.2, -0.15) is 5.26 Å². The average molecular weight is 388 g/mol. The number of benzene rings is 3. The number of hydrogen-bond acceptors (Lipinski definition) is 4. The van der Waals surface area contributed by atoms with Crippen LogP contribution in [0.4, 0.5) is 5.69 Å². The third-order valence-corrected chi connectivity index (χ3v) is 5.18. The maximum atomic E-state index is 12.7.